The lowest BCUT2D eigenvalue weighted by Gasteiger charge is -2.39. The average Bonchev–Trinajstić information content (AvgIpc) is 2.59. The first-order valence-corrected chi connectivity index (χ1v) is 9.06. The Bertz CT molecular complexity index is 876. The van der Waals surface area contributed by atoms with E-state index in [2.05, 4.69) is 0 Å². The van der Waals surface area contributed by atoms with Gasteiger partial charge in [0, 0.05) is 13.1 Å². The molecule has 1 amide bonds. The van der Waals surface area contributed by atoms with Gasteiger partial charge in [-0.1, -0.05) is 24.3 Å². The minimum absolute atomic E-state index is 0.172. The number of amides is 1. The van der Waals surface area contributed by atoms with Crippen LogP contribution in [0.15, 0.2) is 36.4 Å². The number of nitrogens with zero attached hydrogens (tertiary/aromatic N) is 1. The number of carboxylic acids is 1. The molecule has 2 aromatic carbocycles. The van der Waals surface area contributed by atoms with Crippen molar-refractivity contribution in [3.8, 4) is 0 Å². The molecule has 1 aliphatic heterocycles. The minimum atomic E-state index is -1.17. The Labute approximate surface area is 158 Å². The third-order valence-electron chi connectivity index (χ3n) is 4.87. The van der Waals surface area contributed by atoms with E-state index in [1.54, 1.807) is 23.1 Å². The molecule has 0 saturated carbocycles. The van der Waals surface area contributed by atoms with Crippen molar-refractivity contribution in [1.29, 1.82) is 0 Å². The highest BCUT2D eigenvalue weighted by Gasteiger charge is 2.37. The van der Waals surface area contributed by atoms with Crippen molar-refractivity contribution >= 4 is 22.8 Å². The maximum Gasteiger partial charge on any atom is 0.410 e. The van der Waals surface area contributed by atoms with Crippen molar-refractivity contribution in [2.75, 3.05) is 13.1 Å². The van der Waals surface area contributed by atoms with Gasteiger partial charge in [-0.05, 0) is 62.1 Å². The summed E-state index contributed by atoms with van der Waals surface area (Å²) in [6, 6.07) is 10.6. The zero-order valence-electron chi connectivity index (χ0n) is 15.9. The number of carbonyl (C=O) groups excluding carboxylic acids is 1. The van der Waals surface area contributed by atoms with Crippen LogP contribution in [0, 0.1) is 0 Å². The zero-order chi connectivity index (χ0) is 19.8. The molecule has 0 atom stereocenters. The predicted molar refractivity (Wildman–Crippen MR) is 102 cm³/mol. The van der Waals surface area contributed by atoms with Crippen LogP contribution in [0.2, 0.25) is 0 Å². The topological polar surface area (TPSA) is 87.1 Å². The maximum atomic E-state index is 12.2. The van der Waals surface area contributed by atoms with E-state index in [0.717, 1.165) is 5.39 Å². The van der Waals surface area contributed by atoms with E-state index in [1.807, 2.05) is 39.0 Å². The molecule has 0 spiro atoms. The summed E-state index contributed by atoms with van der Waals surface area (Å²) >= 11 is 0. The van der Waals surface area contributed by atoms with Gasteiger partial charge >= 0.3 is 12.1 Å². The zero-order valence-corrected chi connectivity index (χ0v) is 15.9. The molecule has 0 unspecified atom stereocenters. The molecule has 2 aromatic rings. The fraction of sp³-hybridized carbons (Fsp3) is 0.429. The van der Waals surface area contributed by atoms with Gasteiger partial charge < -0.3 is 19.8 Å². The molecular formula is C21H25NO5. The van der Waals surface area contributed by atoms with E-state index in [0.29, 0.717) is 36.9 Å². The van der Waals surface area contributed by atoms with Crippen LogP contribution >= 0.6 is 0 Å². The van der Waals surface area contributed by atoms with Gasteiger partial charge in [0.15, 0.2) is 0 Å². The summed E-state index contributed by atoms with van der Waals surface area (Å²) in [6.07, 6.45) is 0.252. The van der Waals surface area contributed by atoms with Crippen LogP contribution in [-0.2, 0) is 10.3 Å². The predicted octanol–water partition coefficient (Wildman–Crippen LogP) is 3.76. The molecule has 1 aliphatic rings. The van der Waals surface area contributed by atoms with Gasteiger partial charge in [-0.25, -0.2) is 9.59 Å². The Balaban J connectivity index is 1.85. The van der Waals surface area contributed by atoms with Crippen molar-refractivity contribution in [3.63, 3.8) is 0 Å². The SMILES string of the molecule is CC(C)(C)OC(=O)N1CCC(O)(c2cc(C(=O)O)c3ccccc3c2)CC1. The Morgan fingerprint density at radius 2 is 1.74 bits per heavy atom. The van der Waals surface area contributed by atoms with Crippen molar-refractivity contribution in [2.45, 2.75) is 44.8 Å². The second-order valence-corrected chi connectivity index (χ2v) is 8.05. The molecule has 3 rings (SSSR count). The number of hydrogen-bond donors (Lipinski definition) is 2. The van der Waals surface area contributed by atoms with Crippen LogP contribution < -0.4 is 0 Å². The van der Waals surface area contributed by atoms with Gasteiger partial charge in [0.1, 0.15) is 5.60 Å². The quantitative estimate of drug-likeness (QED) is 0.839. The van der Waals surface area contributed by atoms with Crippen LogP contribution in [-0.4, -0.2) is 45.9 Å². The van der Waals surface area contributed by atoms with Crippen molar-refractivity contribution < 1.29 is 24.5 Å². The van der Waals surface area contributed by atoms with Crippen molar-refractivity contribution in [3.05, 3.63) is 47.5 Å². The molecule has 1 fully saturated rings. The summed E-state index contributed by atoms with van der Waals surface area (Å²) in [6.45, 7) is 6.14. The lowest BCUT2D eigenvalue weighted by atomic mass is 9.82. The van der Waals surface area contributed by atoms with Crippen LogP contribution in [0.3, 0.4) is 0 Å². The molecule has 0 radical (unpaired) electrons. The molecule has 27 heavy (non-hydrogen) atoms. The molecule has 1 saturated heterocycles. The number of aliphatic hydroxyl groups is 1. The van der Waals surface area contributed by atoms with E-state index in [9.17, 15) is 19.8 Å². The highest BCUT2D eigenvalue weighted by molar-refractivity contribution is 6.04. The summed E-state index contributed by atoms with van der Waals surface area (Å²) < 4.78 is 5.39. The largest absolute Gasteiger partial charge is 0.478 e. The normalized spacial score (nSPS) is 17.0. The third kappa shape index (κ3) is 4.06. The number of rotatable bonds is 2. The monoisotopic (exact) mass is 371 g/mol. The number of carboxylic acid groups (broad SMARTS) is 1. The lowest BCUT2D eigenvalue weighted by molar-refractivity contribution is -0.0355. The smallest absolute Gasteiger partial charge is 0.410 e. The van der Waals surface area contributed by atoms with Crippen LogP contribution in [0.5, 0.6) is 0 Å². The number of carbonyl (C=O) groups is 2. The molecule has 2 N–H and O–H groups in total. The van der Waals surface area contributed by atoms with Gasteiger partial charge in [-0.15, -0.1) is 0 Å². The highest BCUT2D eigenvalue weighted by Crippen LogP contribution is 2.36. The third-order valence-corrected chi connectivity index (χ3v) is 4.87. The van der Waals surface area contributed by atoms with E-state index in [4.69, 9.17) is 4.74 Å². The van der Waals surface area contributed by atoms with Crippen LogP contribution in [0.1, 0.15) is 49.5 Å². The molecule has 0 aliphatic carbocycles. The molecule has 0 bridgehead atoms. The minimum Gasteiger partial charge on any atom is -0.478 e. The fourth-order valence-electron chi connectivity index (χ4n) is 3.43. The average molecular weight is 371 g/mol. The summed E-state index contributed by atoms with van der Waals surface area (Å²) in [5.41, 5.74) is -1.000. The number of ether oxygens (including phenoxy) is 1. The van der Waals surface area contributed by atoms with Crippen molar-refractivity contribution in [1.82, 2.24) is 4.90 Å². The van der Waals surface area contributed by atoms with Crippen molar-refractivity contribution in [2.24, 2.45) is 0 Å². The number of fused-ring (bicyclic) bond motifs is 1. The number of benzene rings is 2. The Kier molecular flexibility index (Phi) is 4.86. The van der Waals surface area contributed by atoms with Gasteiger partial charge in [-0.2, -0.15) is 0 Å². The first-order chi connectivity index (χ1) is 12.6. The second kappa shape index (κ2) is 6.85. The highest BCUT2D eigenvalue weighted by atomic mass is 16.6. The van der Waals surface area contributed by atoms with Gasteiger partial charge in [0.05, 0.1) is 11.2 Å². The number of likely N-dealkylation sites (tertiary alicyclic amines) is 1. The van der Waals surface area contributed by atoms with E-state index in [-0.39, 0.29) is 5.56 Å². The summed E-state index contributed by atoms with van der Waals surface area (Å²) in [5.74, 6) is -1.03. The van der Waals surface area contributed by atoms with Crippen LogP contribution in [0.25, 0.3) is 10.8 Å². The Morgan fingerprint density at radius 3 is 2.33 bits per heavy atom. The van der Waals surface area contributed by atoms with E-state index < -0.39 is 23.3 Å². The number of aromatic carboxylic acids is 1. The molecule has 144 valence electrons. The Hall–Kier alpha value is -2.60. The first kappa shape index (κ1) is 19.2. The molecule has 0 aromatic heterocycles. The van der Waals surface area contributed by atoms with Gasteiger partial charge in [0.25, 0.3) is 0 Å². The standard InChI is InChI=1S/C21H25NO5/c1-20(2,3)27-19(25)22-10-8-21(26,9-11-22)15-12-14-6-4-5-7-16(14)17(13-15)18(23)24/h4-7,12-13,26H,8-11H2,1-3H3,(H,23,24). The van der Waals surface area contributed by atoms with Gasteiger partial charge in [-0.3, -0.25) is 0 Å². The molecule has 6 nitrogen and oxygen atoms in total. The van der Waals surface area contributed by atoms with Gasteiger partial charge in [0.2, 0.25) is 0 Å². The molecule has 1 heterocycles. The number of hydrogen-bond acceptors (Lipinski definition) is 4. The maximum absolute atomic E-state index is 12.2. The molecule has 6 heteroatoms. The fourth-order valence-corrected chi connectivity index (χ4v) is 3.43. The summed E-state index contributed by atoms with van der Waals surface area (Å²) in [5, 5.41) is 22.1. The lowest BCUT2D eigenvalue weighted by Crippen LogP contribution is -2.46. The van der Waals surface area contributed by atoms with E-state index in [1.165, 1.54) is 0 Å². The summed E-state index contributed by atoms with van der Waals surface area (Å²) in [7, 11) is 0. The number of piperidine rings is 1. The Morgan fingerprint density at radius 1 is 1.11 bits per heavy atom. The van der Waals surface area contributed by atoms with E-state index >= 15 is 0 Å². The summed E-state index contributed by atoms with van der Waals surface area (Å²) in [4.78, 5) is 25.5. The second-order valence-electron chi connectivity index (χ2n) is 8.05. The van der Waals surface area contributed by atoms with Crippen LogP contribution in [0.4, 0.5) is 4.79 Å². The molecular weight excluding hydrogens is 346 g/mol. The first-order valence-electron chi connectivity index (χ1n) is 9.06.